The van der Waals surface area contributed by atoms with Gasteiger partial charge in [-0.3, -0.25) is 0 Å². The third kappa shape index (κ3) is 3.93. The Morgan fingerprint density at radius 2 is 2.11 bits per heavy atom. The van der Waals surface area contributed by atoms with Gasteiger partial charge in [0.25, 0.3) is 0 Å². The summed E-state index contributed by atoms with van der Waals surface area (Å²) in [6.07, 6.45) is -4.02. The van der Waals surface area contributed by atoms with E-state index in [4.69, 9.17) is 10.4 Å². The van der Waals surface area contributed by atoms with Gasteiger partial charge in [-0.15, -0.1) is 11.8 Å². The molecule has 0 aliphatic rings. The molecule has 1 unspecified atom stereocenters. The zero-order valence-corrected chi connectivity index (χ0v) is 10.5. The second kappa shape index (κ2) is 6.12. The average Bonchev–Trinajstić information content (AvgIpc) is 2.28. The fraction of sp³-hybridized carbons (Fsp3) is 0.417. The predicted molar refractivity (Wildman–Crippen MR) is 63.2 cm³/mol. The number of hydrogen-bond acceptors (Lipinski definition) is 3. The Morgan fingerprint density at radius 3 is 2.61 bits per heavy atom. The molecule has 1 atom stereocenters. The number of thioether (sulfide) groups is 1. The summed E-state index contributed by atoms with van der Waals surface area (Å²) in [5, 5.41) is 17.4. The van der Waals surface area contributed by atoms with Crippen LogP contribution >= 0.6 is 11.8 Å². The van der Waals surface area contributed by atoms with Gasteiger partial charge >= 0.3 is 6.18 Å². The van der Waals surface area contributed by atoms with Gasteiger partial charge in [0.2, 0.25) is 0 Å². The maximum atomic E-state index is 12.7. The molecular weight excluding hydrogens is 263 g/mol. The molecule has 0 fully saturated rings. The normalized spacial score (nSPS) is 13.1. The van der Waals surface area contributed by atoms with Crippen LogP contribution in [0.1, 0.15) is 24.5 Å². The smallest absolute Gasteiger partial charge is 0.396 e. The van der Waals surface area contributed by atoms with Crippen LogP contribution in [0.3, 0.4) is 0 Å². The number of aliphatic hydroxyl groups excluding tert-OH is 1. The number of nitriles is 1. The van der Waals surface area contributed by atoms with E-state index in [-0.39, 0.29) is 17.4 Å². The Balaban J connectivity index is 3.01. The minimum atomic E-state index is -4.53. The van der Waals surface area contributed by atoms with Crippen molar-refractivity contribution in [2.75, 3.05) is 6.61 Å². The highest BCUT2D eigenvalue weighted by atomic mass is 32.2. The van der Waals surface area contributed by atoms with Crippen molar-refractivity contribution in [3.05, 3.63) is 29.3 Å². The molecule has 0 saturated carbocycles. The van der Waals surface area contributed by atoms with Crippen molar-refractivity contribution in [2.24, 2.45) is 0 Å². The maximum Gasteiger partial charge on any atom is 0.417 e. The monoisotopic (exact) mass is 275 g/mol. The van der Waals surface area contributed by atoms with E-state index in [1.165, 1.54) is 30.0 Å². The van der Waals surface area contributed by atoms with Gasteiger partial charge in [0, 0.05) is 16.8 Å². The van der Waals surface area contributed by atoms with E-state index in [2.05, 4.69) is 0 Å². The Labute approximate surface area is 107 Å². The van der Waals surface area contributed by atoms with Crippen molar-refractivity contribution < 1.29 is 18.3 Å². The van der Waals surface area contributed by atoms with Crippen molar-refractivity contribution >= 4 is 11.8 Å². The lowest BCUT2D eigenvalue weighted by molar-refractivity contribution is -0.137. The summed E-state index contributed by atoms with van der Waals surface area (Å²) in [5.41, 5.74) is -1.28. The summed E-state index contributed by atoms with van der Waals surface area (Å²) in [5.74, 6) is 0. The van der Waals surface area contributed by atoms with E-state index in [9.17, 15) is 13.2 Å². The lowest BCUT2D eigenvalue weighted by Gasteiger charge is -2.13. The Morgan fingerprint density at radius 1 is 1.44 bits per heavy atom. The molecule has 0 spiro atoms. The van der Waals surface area contributed by atoms with E-state index < -0.39 is 11.7 Å². The third-order valence-electron chi connectivity index (χ3n) is 2.29. The number of rotatable bonds is 4. The predicted octanol–water partition coefficient (Wildman–Crippen LogP) is 3.44. The fourth-order valence-electron chi connectivity index (χ4n) is 1.40. The van der Waals surface area contributed by atoms with Gasteiger partial charge in [0.15, 0.2) is 0 Å². The van der Waals surface area contributed by atoms with E-state index in [0.29, 0.717) is 11.3 Å². The molecule has 0 aliphatic heterocycles. The van der Waals surface area contributed by atoms with Gasteiger partial charge in [-0.1, -0.05) is 6.92 Å². The van der Waals surface area contributed by atoms with Gasteiger partial charge in [-0.2, -0.15) is 18.4 Å². The van der Waals surface area contributed by atoms with Crippen LogP contribution in [0.2, 0.25) is 0 Å². The molecule has 1 N–H and O–H groups in total. The zero-order valence-electron chi connectivity index (χ0n) is 9.66. The zero-order chi connectivity index (χ0) is 13.8. The van der Waals surface area contributed by atoms with Crippen molar-refractivity contribution in [3.8, 4) is 6.07 Å². The number of hydrogen-bond donors (Lipinski definition) is 1. The van der Waals surface area contributed by atoms with Crippen LogP contribution in [0.15, 0.2) is 23.1 Å². The molecule has 0 amide bonds. The van der Waals surface area contributed by atoms with Crippen molar-refractivity contribution in [2.45, 2.75) is 29.7 Å². The first kappa shape index (κ1) is 14.9. The minimum absolute atomic E-state index is 0.00340. The van der Waals surface area contributed by atoms with E-state index in [1.807, 2.05) is 6.92 Å². The van der Waals surface area contributed by atoms with Gasteiger partial charge in [0.05, 0.1) is 17.2 Å². The summed E-state index contributed by atoms with van der Waals surface area (Å²) in [7, 11) is 0. The summed E-state index contributed by atoms with van der Waals surface area (Å²) in [4.78, 5) is 0.447. The van der Waals surface area contributed by atoms with E-state index >= 15 is 0 Å². The molecule has 0 saturated heterocycles. The summed E-state index contributed by atoms with van der Waals surface area (Å²) < 4.78 is 38.1. The van der Waals surface area contributed by atoms with Crippen LogP contribution in [0.25, 0.3) is 0 Å². The molecule has 0 radical (unpaired) electrons. The number of alkyl halides is 3. The average molecular weight is 275 g/mol. The molecule has 0 heterocycles. The van der Waals surface area contributed by atoms with Gasteiger partial charge < -0.3 is 5.11 Å². The third-order valence-corrected chi connectivity index (χ3v) is 3.45. The van der Waals surface area contributed by atoms with E-state index in [1.54, 1.807) is 0 Å². The van der Waals surface area contributed by atoms with Crippen LogP contribution in [-0.2, 0) is 6.18 Å². The number of benzene rings is 1. The SMILES string of the molecule is CC(CCO)Sc1ccc(C#N)c(C(F)(F)F)c1. The van der Waals surface area contributed by atoms with Gasteiger partial charge in [0.1, 0.15) is 0 Å². The highest BCUT2D eigenvalue weighted by molar-refractivity contribution is 7.99. The highest BCUT2D eigenvalue weighted by Gasteiger charge is 2.33. The lowest BCUT2D eigenvalue weighted by atomic mass is 10.1. The standard InChI is InChI=1S/C12H12F3NOS/c1-8(4-5-17)18-10-3-2-9(7-16)11(6-10)12(13,14)15/h2-3,6,8,17H,4-5H2,1H3. The molecule has 0 aromatic heterocycles. The van der Waals surface area contributed by atoms with Crippen LogP contribution in [-0.4, -0.2) is 17.0 Å². The van der Waals surface area contributed by atoms with Crippen molar-refractivity contribution in [1.29, 1.82) is 5.26 Å². The molecule has 0 aliphatic carbocycles. The Bertz CT molecular complexity index is 454. The number of nitrogens with zero attached hydrogens (tertiary/aromatic N) is 1. The molecule has 18 heavy (non-hydrogen) atoms. The maximum absolute atomic E-state index is 12.7. The van der Waals surface area contributed by atoms with Gasteiger partial charge in [-0.05, 0) is 24.6 Å². The second-order valence-corrected chi connectivity index (χ2v) is 5.27. The second-order valence-electron chi connectivity index (χ2n) is 3.76. The van der Waals surface area contributed by atoms with Crippen LogP contribution in [0.5, 0.6) is 0 Å². The van der Waals surface area contributed by atoms with Crippen molar-refractivity contribution in [1.82, 2.24) is 0 Å². The molecule has 98 valence electrons. The Hall–Kier alpha value is -1.19. The topological polar surface area (TPSA) is 44.0 Å². The molecule has 6 heteroatoms. The minimum Gasteiger partial charge on any atom is -0.396 e. The van der Waals surface area contributed by atoms with E-state index in [0.717, 1.165) is 6.07 Å². The number of aliphatic hydroxyl groups is 1. The fourth-order valence-corrected chi connectivity index (χ4v) is 2.42. The molecule has 2 nitrogen and oxygen atoms in total. The quantitative estimate of drug-likeness (QED) is 0.856. The van der Waals surface area contributed by atoms with Crippen molar-refractivity contribution in [3.63, 3.8) is 0 Å². The largest absolute Gasteiger partial charge is 0.417 e. The highest BCUT2D eigenvalue weighted by Crippen LogP contribution is 2.35. The lowest BCUT2D eigenvalue weighted by Crippen LogP contribution is -2.08. The Kier molecular flexibility index (Phi) is 5.05. The van der Waals surface area contributed by atoms with Gasteiger partial charge in [-0.25, -0.2) is 0 Å². The first-order valence-electron chi connectivity index (χ1n) is 5.27. The van der Waals surface area contributed by atoms with Crippen LogP contribution in [0.4, 0.5) is 13.2 Å². The summed E-state index contributed by atoms with van der Waals surface area (Å²) in [6, 6.07) is 5.19. The van der Waals surface area contributed by atoms with Crippen LogP contribution in [0, 0.1) is 11.3 Å². The molecule has 1 aromatic carbocycles. The van der Waals surface area contributed by atoms with Crippen LogP contribution < -0.4 is 0 Å². The molecule has 0 bridgehead atoms. The number of halogens is 3. The summed E-state index contributed by atoms with van der Waals surface area (Å²) >= 11 is 1.25. The molecule has 1 rings (SSSR count). The molecule has 1 aromatic rings. The summed E-state index contributed by atoms with van der Waals surface area (Å²) in [6.45, 7) is 1.82. The first-order valence-corrected chi connectivity index (χ1v) is 6.15. The molecular formula is C12H12F3NOS. The first-order chi connectivity index (χ1) is 8.38.